The standard InChI is InChI=1S/C17H26N4O3/c1-20(2)11-16(22)21-12-17(13-21)9-14(4-8-24-17)3-7-23-15-10-18-5-6-19-15/h5-6,10,14H,3-4,7-9,11-13H2,1-2H3. The average Bonchev–Trinajstić information content (AvgIpc) is 2.53. The second kappa shape index (κ2) is 7.44. The molecule has 1 aromatic rings. The van der Waals surface area contributed by atoms with Crippen LogP contribution in [0.25, 0.3) is 0 Å². The molecule has 7 nitrogen and oxygen atoms in total. The first-order chi connectivity index (χ1) is 11.6. The topological polar surface area (TPSA) is 67.8 Å². The number of carbonyl (C=O) groups excluding carboxylic acids is 1. The summed E-state index contributed by atoms with van der Waals surface area (Å²) in [5, 5.41) is 0. The van der Waals surface area contributed by atoms with Gasteiger partial charge in [0.1, 0.15) is 5.60 Å². The molecule has 1 unspecified atom stereocenters. The zero-order valence-electron chi connectivity index (χ0n) is 14.5. The van der Waals surface area contributed by atoms with E-state index in [1.807, 2.05) is 23.9 Å². The highest BCUT2D eigenvalue weighted by atomic mass is 16.5. The number of likely N-dealkylation sites (tertiary alicyclic amines) is 1. The summed E-state index contributed by atoms with van der Waals surface area (Å²) in [5.74, 6) is 1.33. The lowest BCUT2D eigenvalue weighted by atomic mass is 9.79. The molecular formula is C17H26N4O3. The third-order valence-corrected chi connectivity index (χ3v) is 4.67. The fourth-order valence-corrected chi connectivity index (χ4v) is 3.48. The van der Waals surface area contributed by atoms with Crippen LogP contribution in [0.5, 0.6) is 5.88 Å². The molecule has 0 bridgehead atoms. The molecule has 24 heavy (non-hydrogen) atoms. The summed E-state index contributed by atoms with van der Waals surface area (Å²) in [6, 6.07) is 0. The number of carbonyl (C=O) groups is 1. The molecule has 7 heteroatoms. The van der Waals surface area contributed by atoms with E-state index in [2.05, 4.69) is 9.97 Å². The first kappa shape index (κ1) is 17.1. The predicted molar refractivity (Wildman–Crippen MR) is 88.7 cm³/mol. The number of likely N-dealkylation sites (N-methyl/N-ethyl adjacent to an activating group) is 1. The van der Waals surface area contributed by atoms with Crippen molar-refractivity contribution in [2.45, 2.75) is 24.9 Å². The van der Waals surface area contributed by atoms with E-state index in [0.29, 0.717) is 24.9 Å². The van der Waals surface area contributed by atoms with Gasteiger partial charge in [0.05, 0.1) is 32.4 Å². The molecule has 1 aromatic heterocycles. The van der Waals surface area contributed by atoms with Crippen LogP contribution in [-0.4, -0.2) is 78.2 Å². The van der Waals surface area contributed by atoms with Crippen molar-refractivity contribution in [3.8, 4) is 5.88 Å². The summed E-state index contributed by atoms with van der Waals surface area (Å²) in [7, 11) is 3.83. The number of hydrogen-bond donors (Lipinski definition) is 0. The Morgan fingerprint density at radius 2 is 2.29 bits per heavy atom. The van der Waals surface area contributed by atoms with Crippen LogP contribution >= 0.6 is 0 Å². The van der Waals surface area contributed by atoms with Gasteiger partial charge in [0.15, 0.2) is 0 Å². The third-order valence-electron chi connectivity index (χ3n) is 4.67. The molecule has 0 aromatic carbocycles. The summed E-state index contributed by atoms with van der Waals surface area (Å²) in [4.78, 5) is 24.0. The van der Waals surface area contributed by atoms with Gasteiger partial charge in [0.2, 0.25) is 11.8 Å². The van der Waals surface area contributed by atoms with Crippen LogP contribution in [0.4, 0.5) is 0 Å². The molecule has 3 rings (SSSR count). The zero-order valence-corrected chi connectivity index (χ0v) is 14.5. The molecule has 2 fully saturated rings. The van der Waals surface area contributed by atoms with Crippen molar-refractivity contribution in [1.82, 2.24) is 19.8 Å². The molecular weight excluding hydrogens is 308 g/mol. The van der Waals surface area contributed by atoms with E-state index in [-0.39, 0.29) is 11.5 Å². The Labute approximate surface area is 143 Å². The number of ether oxygens (including phenoxy) is 2. The predicted octanol–water partition coefficient (Wildman–Crippen LogP) is 0.815. The van der Waals surface area contributed by atoms with Gasteiger partial charge in [-0.05, 0) is 39.3 Å². The van der Waals surface area contributed by atoms with E-state index in [1.165, 1.54) is 0 Å². The van der Waals surface area contributed by atoms with E-state index >= 15 is 0 Å². The second-order valence-corrected chi connectivity index (χ2v) is 7.06. The summed E-state index contributed by atoms with van der Waals surface area (Å²) >= 11 is 0. The molecule has 0 aliphatic carbocycles. The normalized spacial score (nSPS) is 22.5. The zero-order chi connectivity index (χ0) is 17.0. The maximum absolute atomic E-state index is 12.1. The maximum atomic E-state index is 12.1. The molecule has 0 N–H and O–H groups in total. The van der Waals surface area contributed by atoms with Gasteiger partial charge in [-0.3, -0.25) is 9.78 Å². The lowest BCUT2D eigenvalue weighted by Gasteiger charge is -2.53. The quantitative estimate of drug-likeness (QED) is 0.767. The van der Waals surface area contributed by atoms with E-state index in [4.69, 9.17) is 9.47 Å². The SMILES string of the molecule is CN(C)CC(=O)N1CC2(CC(CCOc3cnccn3)CCO2)C1. The Morgan fingerprint density at radius 1 is 1.46 bits per heavy atom. The van der Waals surface area contributed by atoms with Crippen LogP contribution in [0.2, 0.25) is 0 Å². The van der Waals surface area contributed by atoms with Gasteiger partial charge >= 0.3 is 0 Å². The molecule has 2 aliphatic heterocycles. The minimum Gasteiger partial charge on any atom is -0.477 e. The fraction of sp³-hybridized carbons (Fsp3) is 0.706. The highest BCUT2D eigenvalue weighted by molar-refractivity contribution is 5.79. The molecule has 1 spiro atoms. The molecule has 3 heterocycles. The van der Waals surface area contributed by atoms with Crippen molar-refractivity contribution >= 4 is 5.91 Å². The molecule has 0 saturated carbocycles. The molecule has 2 aliphatic rings. The van der Waals surface area contributed by atoms with Gasteiger partial charge in [-0.25, -0.2) is 4.98 Å². The van der Waals surface area contributed by atoms with Crippen molar-refractivity contribution in [3.05, 3.63) is 18.6 Å². The van der Waals surface area contributed by atoms with Gasteiger partial charge in [0.25, 0.3) is 0 Å². The highest BCUT2D eigenvalue weighted by Gasteiger charge is 2.48. The van der Waals surface area contributed by atoms with Crippen molar-refractivity contribution < 1.29 is 14.3 Å². The molecule has 0 radical (unpaired) electrons. The largest absolute Gasteiger partial charge is 0.477 e. The van der Waals surface area contributed by atoms with Crippen LogP contribution in [0.1, 0.15) is 19.3 Å². The van der Waals surface area contributed by atoms with Crippen molar-refractivity contribution in [1.29, 1.82) is 0 Å². The molecule has 1 amide bonds. The Morgan fingerprint density at radius 3 is 3.00 bits per heavy atom. The van der Waals surface area contributed by atoms with Gasteiger partial charge in [0, 0.05) is 19.0 Å². The van der Waals surface area contributed by atoms with Crippen LogP contribution in [0.15, 0.2) is 18.6 Å². The van der Waals surface area contributed by atoms with Crippen molar-refractivity contribution in [3.63, 3.8) is 0 Å². The van der Waals surface area contributed by atoms with Gasteiger partial charge in [-0.15, -0.1) is 0 Å². The van der Waals surface area contributed by atoms with Crippen LogP contribution < -0.4 is 4.74 Å². The van der Waals surface area contributed by atoms with Crippen LogP contribution in [0.3, 0.4) is 0 Å². The Bertz CT molecular complexity index is 546. The minimum absolute atomic E-state index is 0.128. The number of rotatable bonds is 6. The minimum atomic E-state index is -0.128. The van der Waals surface area contributed by atoms with Crippen LogP contribution in [0, 0.1) is 5.92 Å². The molecule has 1 atom stereocenters. The summed E-state index contributed by atoms with van der Waals surface area (Å²) < 4.78 is 11.7. The molecule has 2 saturated heterocycles. The third kappa shape index (κ3) is 4.21. The van der Waals surface area contributed by atoms with E-state index in [0.717, 1.165) is 39.0 Å². The maximum Gasteiger partial charge on any atom is 0.236 e. The number of amides is 1. The smallest absolute Gasteiger partial charge is 0.236 e. The van der Waals surface area contributed by atoms with Crippen molar-refractivity contribution in [2.24, 2.45) is 5.92 Å². The van der Waals surface area contributed by atoms with E-state index < -0.39 is 0 Å². The van der Waals surface area contributed by atoms with Crippen LogP contribution in [-0.2, 0) is 9.53 Å². The van der Waals surface area contributed by atoms with E-state index in [1.54, 1.807) is 18.6 Å². The lowest BCUT2D eigenvalue weighted by Crippen LogP contribution is -2.67. The first-order valence-corrected chi connectivity index (χ1v) is 8.52. The Kier molecular flexibility index (Phi) is 5.30. The van der Waals surface area contributed by atoms with Crippen molar-refractivity contribution in [2.75, 3.05) is 46.9 Å². The fourth-order valence-electron chi connectivity index (χ4n) is 3.48. The average molecular weight is 334 g/mol. The summed E-state index contributed by atoms with van der Waals surface area (Å²) in [6.07, 6.45) is 7.93. The van der Waals surface area contributed by atoms with Gasteiger partial charge in [-0.2, -0.15) is 0 Å². The monoisotopic (exact) mass is 334 g/mol. The number of nitrogens with zero attached hydrogens (tertiary/aromatic N) is 4. The van der Waals surface area contributed by atoms with Gasteiger partial charge < -0.3 is 19.3 Å². The number of hydrogen-bond acceptors (Lipinski definition) is 6. The first-order valence-electron chi connectivity index (χ1n) is 8.52. The summed E-state index contributed by atoms with van der Waals surface area (Å²) in [6.45, 7) is 3.32. The van der Waals surface area contributed by atoms with E-state index in [9.17, 15) is 4.79 Å². The van der Waals surface area contributed by atoms with Gasteiger partial charge in [-0.1, -0.05) is 0 Å². The Balaban J connectivity index is 1.41. The number of aromatic nitrogens is 2. The highest BCUT2D eigenvalue weighted by Crippen LogP contribution is 2.38. The lowest BCUT2D eigenvalue weighted by molar-refractivity contribution is -0.189. The molecule has 132 valence electrons. The Hall–Kier alpha value is -1.73. The summed E-state index contributed by atoms with van der Waals surface area (Å²) in [5.41, 5.74) is -0.128. The second-order valence-electron chi connectivity index (χ2n) is 7.06.